The predicted octanol–water partition coefficient (Wildman–Crippen LogP) is 3.83. The highest BCUT2D eigenvalue weighted by Crippen LogP contribution is 2.39. The number of hydrogen-bond acceptors (Lipinski definition) is 3. The van der Waals surface area contributed by atoms with Crippen molar-refractivity contribution in [1.29, 1.82) is 0 Å². The van der Waals surface area contributed by atoms with Crippen molar-refractivity contribution in [2.45, 2.75) is 30.8 Å². The summed E-state index contributed by atoms with van der Waals surface area (Å²) >= 11 is 6.32. The number of aromatic nitrogens is 2. The lowest BCUT2D eigenvalue weighted by Gasteiger charge is -2.37. The number of aromatic amines is 1. The first-order chi connectivity index (χ1) is 13.9. The van der Waals surface area contributed by atoms with Gasteiger partial charge >= 0.3 is 0 Å². The van der Waals surface area contributed by atoms with Crippen molar-refractivity contribution in [2.75, 3.05) is 4.90 Å². The second-order valence-corrected chi connectivity index (χ2v) is 7.43. The molecule has 9 heteroatoms. The fraction of sp³-hybridized carbons (Fsp3) is 0.250. The third-order valence-electron chi connectivity index (χ3n) is 5.01. The second-order valence-electron chi connectivity index (χ2n) is 7.02. The molecule has 0 bridgehead atoms. The van der Waals surface area contributed by atoms with Gasteiger partial charge in [-0.2, -0.15) is 5.10 Å². The minimum absolute atomic E-state index is 0.287. The fourth-order valence-electron chi connectivity index (χ4n) is 3.58. The number of nitrogens with zero attached hydrogens (tertiary/aromatic N) is 2. The summed E-state index contributed by atoms with van der Waals surface area (Å²) in [6, 6.07) is 10.1. The van der Waals surface area contributed by atoms with Gasteiger partial charge in [-0.05, 0) is 12.1 Å². The molecule has 3 aromatic rings. The van der Waals surface area contributed by atoms with Crippen molar-refractivity contribution in [3.05, 3.63) is 59.2 Å². The average Bonchev–Trinajstić information content (AvgIpc) is 3.14. The first-order valence-corrected chi connectivity index (χ1v) is 9.36. The summed E-state index contributed by atoms with van der Waals surface area (Å²) in [5.74, 6) is -3.36. The molecule has 0 unspecified atom stereocenters. The van der Waals surface area contributed by atoms with E-state index in [9.17, 15) is 18.4 Å². The van der Waals surface area contributed by atoms with Crippen molar-refractivity contribution in [1.82, 2.24) is 15.5 Å². The van der Waals surface area contributed by atoms with Crippen molar-refractivity contribution in [3.63, 3.8) is 0 Å². The zero-order chi connectivity index (χ0) is 20.6. The maximum Gasteiger partial charge on any atom is 0.252 e. The smallest absolute Gasteiger partial charge is 0.252 e. The molecule has 29 heavy (non-hydrogen) atoms. The van der Waals surface area contributed by atoms with Crippen LogP contribution in [-0.2, 0) is 9.59 Å². The summed E-state index contributed by atoms with van der Waals surface area (Å²) in [5.41, 5.74) is 1.38. The Morgan fingerprint density at radius 2 is 2.03 bits per heavy atom. The van der Waals surface area contributed by atoms with E-state index in [1.54, 1.807) is 42.6 Å². The Bertz CT molecular complexity index is 1060. The highest BCUT2D eigenvalue weighted by atomic mass is 35.5. The molecule has 2 aromatic carbocycles. The molecule has 6 nitrogen and oxygen atoms in total. The van der Waals surface area contributed by atoms with Gasteiger partial charge in [-0.25, -0.2) is 8.78 Å². The van der Waals surface area contributed by atoms with Crippen molar-refractivity contribution >= 4 is 40.5 Å². The number of rotatable bonds is 6. The molecule has 2 amide bonds. The molecule has 0 saturated heterocycles. The summed E-state index contributed by atoms with van der Waals surface area (Å²) < 4.78 is 26.4. The number of benzene rings is 2. The van der Waals surface area contributed by atoms with Gasteiger partial charge in [0.1, 0.15) is 6.04 Å². The molecule has 150 valence electrons. The lowest BCUT2D eigenvalue weighted by Crippen LogP contribution is -2.53. The minimum Gasteiger partial charge on any atom is -0.351 e. The Balaban J connectivity index is 1.74. The van der Waals surface area contributed by atoms with Crippen LogP contribution in [0.25, 0.3) is 10.9 Å². The number of hydrogen-bond donors (Lipinski definition) is 2. The highest BCUT2D eigenvalue weighted by Gasteiger charge is 2.47. The van der Waals surface area contributed by atoms with E-state index >= 15 is 0 Å². The Hall–Kier alpha value is -3.00. The van der Waals surface area contributed by atoms with Gasteiger partial charge in [0.15, 0.2) is 0 Å². The van der Waals surface area contributed by atoms with E-state index in [1.165, 1.54) is 4.90 Å². The first kappa shape index (κ1) is 19.3. The molecule has 0 spiro atoms. The van der Waals surface area contributed by atoms with Crippen LogP contribution in [0.1, 0.15) is 24.4 Å². The van der Waals surface area contributed by atoms with Gasteiger partial charge in [-0.15, -0.1) is 0 Å². The number of anilines is 1. The highest BCUT2D eigenvalue weighted by molar-refractivity contribution is 6.31. The maximum atomic E-state index is 13.2. The molecule has 1 atom stereocenters. The van der Waals surface area contributed by atoms with Gasteiger partial charge in [0, 0.05) is 34.9 Å². The van der Waals surface area contributed by atoms with E-state index < -0.39 is 36.8 Å². The minimum atomic E-state index is -2.77. The number of nitrogens with one attached hydrogen (secondary N) is 2. The number of carbonyl (C=O) groups is 2. The zero-order valence-electron chi connectivity index (χ0n) is 15.1. The van der Waals surface area contributed by atoms with Crippen molar-refractivity contribution < 1.29 is 18.4 Å². The Morgan fingerprint density at radius 1 is 1.28 bits per heavy atom. The Morgan fingerprint density at radius 3 is 2.72 bits per heavy atom. The van der Waals surface area contributed by atoms with Gasteiger partial charge in [-0.1, -0.05) is 41.9 Å². The van der Waals surface area contributed by atoms with Crippen LogP contribution in [0.3, 0.4) is 0 Å². The topological polar surface area (TPSA) is 78.1 Å². The van der Waals surface area contributed by atoms with Crippen LogP contribution < -0.4 is 10.2 Å². The van der Waals surface area contributed by atoms with Crippen LogP contribution in [0.4, 0.5) is 14.5 Å². The van der Waals surface area contributed by atoms with E-state index in [-0.39, 0.29) is 5.02 Å². The standard InChI is InChI=1S/C20H17ClF2N4O2/c21-15-6-2-1-5-14(15)18(19(29)25-13-8-20(22,23)9-13)27(11-28)16-7-3-4-12-10-24-26-17(12)16/h1-7,10-11,13,18H,8-9H2,(H,24,26)(H,25,29)/t18-/m0/s1. The molecule has 4 rings (SSSR count). The lowest BCUT2D eigenvalue weighted by atomic mass is 9.87. The zero-order valence-corrected chi connectivity index (χ0v) is 15.9. The summed E-state index contributed by atoms with van der Waals surface area (Å²) in [7, 11) is 0. The van der Waals surface area contributed by atoms with E-state index in [4.69, 9.17) is 11.6 Å². The van der Waals surface area contributed by atoms with Gasteiger partial charge < -0.3 is 5.32 Å². The maximum absolute atomic E-state index is 13.2. The largest absolute Gasteiger partial charge is 0.351 e. The normalized spacial score (nSPS) is 16.8. The molecule has 0 aliphatic heterocycles. The molecule has 1 fully saturated rings. The first-order valence-electron chi connectivity index (χ1n) is 8.98. The van der Waals surface area contributed by atoms with Gasteiger partial charge in [-0.3, -0.25) is 19.6 Å². The molecule has 1 aromatic heterocycles. The van der Waals surface area contributed by atoms with E-state index in [2.05, 4.69) is 15.5 Å². The molecular weight excluding hydrogens is 402 g/mol. The second kappa shape index (κ2) is 7.44. The molecular formula is C20H17ClF2N4O2. The average molecular weight is 419 g/mol. The van der Waals surface area contributed by atoms with Crippen molar-refractivity contribution in [3.8, 4) is 0 Å². The van der Waals surface area contributed by atoms with Gasteiger partial charge in [0.25, 0.3) is 5.92 Å². The molecule has 0 radical (unpaired) electrons. The van der Waals surface area contributed by atoms with Gasteiger partial charge in [0.05, 0.1) is 17.4 Å². The van der Waals surface area contributed by atoms with Crippen LogP contribution in [0.5, 0.6) is 0 Å². The summed E-state index contributed by atoms with van der Waals surface area (Å²) in [6.45, 7) is 0. The van der Waals surface area contributed by atoms with Crippen LogP contribution in [0.2, 0.25) is 5.02 Å². The molecule has 1 saturated carbocycles. The van der Waals surface area contributed by atoms with Crippen molar-refractivity contribution in [2.24, 2.45) is 0 Å². The van der Waals surface area contributed by atoms with Crippen LogP contribution in [0.15, 0.2) is 48.7 Å². The molecule has 1 heterocycles. The number of amides is 2. The quantitative estimate of drug-likeness (QED) is 0.597. The molecule has 1 aliphatic carbocycles. The predicted molar refractivity (Wildman–Crippen MR) is 105 cm³/mol. The Labute approximate surface area is 169 Å². The summed E-state index contributed by atoms with van der Waals surface area (Å²) in [4.78, 5) is 26.5. The number of fused-ring (bicyclic) bond motifs is 1. The van der Waals surface area contributed by atoms with Crippen LogP contribution in [0, 0.1) is 0 Å². The lowest BCUT2D eigenvalue weighted by molar-refractivity contribution is -0.131. The van der Waals surface area contributed by atoms with E-state index in [0.29, 0.717) is 23.2 Å². The number of carbonyl (C=O) groups excluding carboxylic acids is 2. The molecule has 1 aliphatic rings. The van der Waals surface area contributed by atoms with Crippen LogP contribution >= 0.6 is 11.6 Å². The Kier molecular flexibility index (Phi) is 4.96. The number of H-pyrrole nitrogens is 1. The monoisotopic (exact) mass is 418 g/mol. The SMILES string of the molecule is O=CN(c1cccc2cn[nH]c12)[C@H](C(=O)NC1CC(F)(F)C1)c1ccccc1Cl. The summed E-state index contributed by atoms with van der Waals surface area (Å²) in [6.07, 6.45) is 1.28. The molecule has 2 N–H and O–H groups in total. The fourth-order valence-corrected chi connectivity index (χ4v) is 3.82. The van der Waals surface area contributed by atoms with Gasteiger partial charge in [0.2, 0.25) is 12.3 Å². The third-order valence-corrected chi connectivity index (χ3v) is 5.35. The number of para-hydroxylation sites is 1. The number of alkyl halides is 2. The van der Waals surface area contributed by atoms with E-state index in [1.807, 2.05) is 6.07 Å². The number of halogens is 3. The third kappa shape index (κ3) is 3.67. The van der Waals surface area contributed by atoms with Crippen LogP contribution in [-0.4, -0.2) is 34.5 Å². The van der Waals surface area contributed by atoms with E-state index in [0.717, 1.165) is 5.39 Å². The summed E-state index contributed by atoms with van der Waals surface area (Å²) in [5, 5.41) is 10.5.